The molecular weight excluding hydrogens is 265 g/mol. The Balaban J connectivity index is 2.29. The topological polar surface area (TPSA) is 15.3 Å². The van der Waals surface area contributed by atoms with E-state index in [2.05, 4.69) is 16.8 Å². The lowest BCUT2D eigenvalue weighted by atomic mass is 9.98. The standard InChI is InChI=1S/C15H19F3N2/c1-2-3-4-15(20-7-5-19-6-8-20)11-9-13(17)14(18)10-12(11)16/h2,9-10,15,19H,1,3-8H2/t15-/m0/s1. The predicted octanol–water partition coefficient (Wildman–Crippen LogP) is 3.02. The number of piperazine rings is 1. The Morgan fingerprint density at radius 1 is 1.15 bits per heavy atom. The second kappa shape index (κ2) is 6.90. The maximum Gasteiger partial charge on any atom is 0.161 e. The zero-order valence-corrected chi connectivity index (χ0v) is 11.3. The van der Waals surface area contributed by atoms with Gasteiger partial charge >= 0.3 is 0 Å². The highest BCUT2D eigenvalue weighted by Gasteiger charge is 2.25. The van der Waals surface area contributed by atoms with E-state index in [9.17, 15) is 13.2 Å². The monoisotopic (exact) mass is 284 g/mol. The van der Waals surface area contributed by atoms with Crippen LogP contribution in [0.3, 0.4) is 0 Å². The molecular formula is C15H19F3N2. The molecule has 110 valence electrons. The van der Waals surface area contributed by atoms with Gasteiger partial charge in [0.25, 0.3) is 0 Å². The van der Waals surface area contributed by atoms with E-state index in [1.54, 1.807) is 6.08 Å². The molecule has 2 nitrogen and oxygen atoms in total. The molecule has 0 spiro atoms. The zero-order chi connectivity index (χ0) is 14.5. The summed E-state index contributed by atoms with van der Waals surface area (Å²) in [6, 6.07) is 1.37. The number of allylic oxidation sites excluding steroid dienone is 1. The highest BCUT2D eigenvalue weighted by molar-refractivity contribution is 5.24. The fraction of sp³-hybridized carbons (Fsp3) is 0.467. The van der Waals surface area contributed by atoms with Crippen LogP contribution in [0.25, 0.3) is 0 Å². The lowest BCUT2D eigenvalue weighted by molar-refractivity contribution is 0.162. The summed E-state index contributed by atoms with van der Waals surface area (Å²) in [5.74, 6) is -2.83. The van der Waals surface area contributed by atoms with Crippen molar-refractivity contribution in [2.45, 2.75) is 18.9 Å². The van der Waals surface area contributed by atoms with Crippen molar-refractivity contribution in [1.82, 2.24) is 10.2 Å². The molecule has 0 bridgehead atoms. The largest absolute Gasteiger partial charge is 0.314 e. The van der Waals surface area contributed by atoms with E-state index < -0.39 is 17.5 Å². The third-order valence-electron chi connectivity index (χ3n) is 3.64. The van der Waals surface area contributed by atoms with Crippen LogP contribution >= 0.6 is 0 Å². The quantitative estimate of drug-likeness (QED) is 0.660. The smallest absolute Gasteiger partial charge is 0.161 e. The molecule has 0 aromatic heterocycles. The van der Waals surface area contributed by atoms with Crippen LogP contribution in [-0.4, -0.2) is 31.1 Å². The number of benzene rings is 1. The summed E-state index contributed by atoms with van der Waals surface area (Å²) in [5, 5.41) is 3.22. The fourth-order valence-corrected chi connectivity index (χ4v) is 2.60. The number of rotatable bonds is 5. The van der Waals surface area contributed by atoms with Gasteiger partial charge in [0.15, 0.2) is 11.6 Å². The van der Waals surface area contributed by atoms with E-state index in [1.165, 1.54) is 0 Å². The molecule has 1 atom stereocenters. The van der Waals surface area contributed by atoms with Crippen molar-refractivity contribution in [3.63, 3.8) is 0 Å². The van der Waals surface area contributed by atoms with Crippen LogP contribution in [0.5, 0.6) is 0 Å². The summed E-state index contributed by atoms with van der Waals surface area (Å²) < 4.78 is 40.5. The molecule has 20 heavy (non-hydrogen) atoms. The van der Waals surface area contributed by atoms with E-state index >= 15 is 0 Å². The van der Waals surface area contributed by atoms with Crippen LogP contribution in [0.4, 0.5) is 13.2 Å². The summed E-state index contributed by atoms with van der Waals surface area (Å²) in [5.41, 5.74) is 0.229. The Morgan fingerprint density at radius 3 is 2.45 bits per heavy atom. The molecule has 1 heterocycles. The van der Waals surface area contributed by atoms with Gasteiger partial charge in [-0.2, -0.15) is 0 Å². The first-order valence-corrected chi connectivity index (χ1v) is 6.83. The molecule has 1 N–H and O–H groups in total. The van der Waals surface area contributed by atoms with Gasteiger partial charge in [0.1, 0.15) is 5.82 Å². The molecule has 5 heteroatoms. The summed E-state index contributed by atoms with van der Waals surface area (Å²) in [7, 11) is 0. The highest BCUT2D eigenvalue weighted by atomic mass is 19.2. The number of nitrogens with one attached hydrogen (secondary N) is 1. The van der Waals surface area contributed by atoms with E-state index in [-0.39, 0.29) is 11.6 Å². The first-order valence-electron chi connectivity index (χ1n) is 6.83. The van der Waals surface area contributed by atoms with Gasteiger partial charge in [-0.3, -0.25) is 4.90 Å². The molecule has 0 unspecified atom stereocenters. The number of hydrogen-bond acceptors (Lipinski definition) is 2. The first-order chi connectivity index (χ1) is 9.63. The van der Waals surface area contributed by atoms with Crippen LogP contribution in [0.1, 0.15) is 24.4 Å². The van der Waals surface area contributed by atoms with Crippen LogP contribution in [0.2, 0.25) is 0 Å². The molecule has 1 fully saturated rings. The third-order valence-corrected chi connectivity index (χ3v) is 3.64. The van der Waals surface area contributed by atoms with Crippen molar-refractivity contribution >= 4 is 0 Å². The van der Waals surface area contributed by atoms with Crippen molar-refractivity contribution in [3.05, 3.63) is 47.8 Å². The van der Waals surface area contributed by atoms with Gasteiger partial charge in [-0.15, -0.1) is 6.58 Å². The van der Waals surface area contributed by atoms with Crippen LogP contribution in [0.15, 0.2) is 24.8 Å². The minimum absolute atomic E-state index is 0.229. The van der Waals surface area contributed by atoms with Gasteiger partial charge in [-0.1, -0.05) is 6.08 Å². The van der Waals surface area contributed by atoms with Gasteiger partial charge in [0.2, 0.25) is 0 Å². The molecule has 2 rings (SSSR count). The molecule has 1 aromatic rings. The normalized spacial score (nSPS) is 17.9. The van der Waals surface area contributed by atoms with Crippen LogP contribution in [0, 0.1) is 17.5 Å². The summed E-state index contributed by atoms with van der Waals surface area (Å²) in [6.45, 7) is 6.83. The molecule has 0 amide bonds. The molecule has 0 aliphatic carbocycles. The lowest BCUT2D eigenvalue weighted by Gasteiger charge is -2.35. The maximum atomic E-state index is 14.0. The van der Waals surface area contributed by atoms with Crippen LogP contribution in [-0.2, 0) is 0 Å². The minimum atomic E-state index is -1.14. The van der Waals surface area contributed by atoms with Gasteiger partial charge in [-0.25, -0.2) is 13.2 Å². The van der Waals surface area contributed by atoms with Crippen molar-refractivity contribution < 1.29 is 13.2 Å². The van der Waals surface area contributed by atoms with Crippen LogP contribution < -0.4 is 5.32 Å². The average Bonchev–Trinajstić information content (AvgIpc) is 2.45. The lowest BCUT2D eigenvalue weighted by Crippen LogP contribution is -2.45. The Bertz CT molecular complexity index is 470. The van der Waals surface area contributed by atoms with Gasteiger partial charge in [0.05, 0.1) is 0 Å². The molecule has 1 aliphatic rings. The van der Waals surface area contributed by atoms with E-state index in [0.29, 0.717) is 18.9 Å². The van der Waals surface area contributed by atoms with E-state index in [1.807, 2.05) is 0 Å². The van der Waals surface area contributed by atoms with E-state index in [0.717, 1.165) is 32.2 Å². The summed E-state index contributed by atoms with van der Waals surface area (Å²) >= 11 is 0. The average molecular weight is 284 g/mol. The molecule has 0 saturated carbocycles. The van der Waals surface area contributed by atoms with E-state index in [4.69, 9.17) is 0 Å². The summed E-state index contributed by atoms with van der Waals surface area (Å²) in [6.07, 6.45) is 3.10. The second-order valence-electron chi connectivity index (χ2n) is 4.96. The molecule has 0 radical (unpaired) electrons. The maximum absolute atomic E-state index is 14.0. The Morgan fingerprint density at radius 2 is 1.80 bits per heavy atom. The second-order valence-corrected chi connectivity index (χ2v) is 4.96. The fourth-order valence-electron chi connectivity index (χ4n) is 2.60. The number of hydrogen-bond donors (Lipinski definition) is 1. The van der Waals surface area contributed by atoms with Crippen molar-refractivity contribution in [1.29, 1.82) is 0 Å². The minimum Gasteiger partial charge on any atom is -0.314 e. The van der Waals surface area contributed by atoms with Gasteiger partial charge in [-0.05, 0) is 18.9 Å². The van der Waals surface area contributed by atoms with Crippen molar-refractivity contribution in [2.75, 3.05) is 26.2 Å². The Labute approximate surface area is 117 Å². The van der Waals surface area contributed by atoms with Gasteiger partial charge < -0.3 is 5.32 Å². The molecule has 1 aromatic carbocycles. The molecule has 1 aliphatic heterocycles. The highest BCUT2D eigenvalue weighted by Crippen LogP contribution is 2.29. The molecule has 1 saturated heterocycles. The van der Waals surface area contributed by atoms with Crippen molar-refractivity contribution in [3.8, 4) is 0 Å². The Hall–Kier alpha value is -1.33. The van der Waals surface area contributed by atoms with Gasteiger partial charge in [0, 0.05) is 43.9 Å². The summed E-state index contributed by atoms with van der Waals surface area (Å²) in [4.78, 5) is 2.11. The van der Waals surface area contributed by atoms with Crippen molar-refractivity contribution in [2.24, 2.45) is 0 Å². The predicted molar refractivity (Wildman–Crippen MR) is 72.9 cm³/mol. The first kappa shape index (κ1) is 15.1. The third kappa shape index (κ3) is 3.41. The number of halogens is 3. The number of nitrogens with zero attached hydrogens (tertiary/aromatic N) is 1. The zero-order valence-electron chi connectivity index (χ0n) is 11.3. The SMILES string of the molecule is C=CCC[C@@H](c1cc(F)c(F)cc1F)N1CCNCC1. The Kier molecular flexibility index (Phi) is 5.20.